The van der Waals surface area contributed by atoms with E-state index < -0.39 is 18.0 Å². The molecule has 1 heterocycles. The van der Waals surface area contributed by atoms with Crippen molar-refractivity contribution >= 4 is 12.0 Å². The zero-order chi connectivity index (χ0) is 13.5. The van der Waals surface area contributed by atoms with Crippen LogP contribution in [0.5, 0.6) is 0 Å². The Labute approximate surface area is 104 Å². The van der Waals surface area contributed by atoms with Crippen LogP contribution in [-0.2, 0) is 11.3 Å². The Morgan fingerprint density at radius 3 is 2.72 bits per heavy atom. The predicted octanol–water partition coefficient (Wildman–Crippen LogP) is 0.431. The average Bonchev–Trinajstić information content (AvgIpc) is 2.72. The van der Waals surface area contributed by atoms with Crippen LogP contribution in [-0.4, -0.2) is 33.3 Å². The first-order valence-corrected chi connectivity index (χ1v) is 5.59. The average molecular weight is 256 g/mol. The van der Waals surface area contributed by atoms with Gasteiger partial charge in [0, 0.05) is 6.92 Å². The number of urea groups is 1. The molecule has 1 unspecified atom stereocenters. The molecule has 0 aliphatic heterocycles. The Kier molecular flexibility index (Phi) is 5.09. The van der Waals surface area contributed by atoms with E-state index in [2.05, 4.69) is 20.8 Å². The number of amides is 2. The van der Waals surface area contributed by atoms with Gasteiger partial charge in [-0.25, -0.2) is 9.59 Å². The van der Waals surface area contributed by atoms with E-state index in [1.165, 1.54) is 0 Å². The fourth-order valence-corrected chi connectivity index (χ4v) is 1.33. The van der Waals surface area contributed by atoms with Crippen molar-refractivity contribution in [2.45, 2.75) is 39.3 Å². The summed E-state index contributed by atoms with van der Waals surface area (Å²) in [5.41, 5.74) is 0. The van der Waals surface area contributed by atoms with Crippen molar-refractivity contribution in [1.29, 1.82) is 0 Å². The molecular formula is C10H16N4O4. The monoisotopic (exact) mass is 256 g/mol. The van der Waals surface area contributed by atoms with Gasteiger partial charge >= 0.3 is 12.0 Å². The van der Waals surface area contributed by atoms with Crippen molar-refractivity contribution < 1.29 is 19.2 Å². The Hall–Kier alpha value is -2.12. The summed E-state index contributed by atoms with van der Waals surface area (Å²) in [5.74, 6) is -0.311. The maximum absolute atomic E-state index is 11.4. The Morgan fingerprint density at radius 1 is 1.50 bits per heavy atom. The number of carbonyl (C=O) groups is 2. The first kappa shape index (κ1) is 13.9. The fourth-order valence-electron chi connectivity index (χ4n) is 1.33. The van der Waals surface area contributed by atoms with Gasteiger partial charge in [-0.1, -0.05) is 18.5 Å². The predicted molar refractivity (Wildman–Crippen MR) is 60.7 cm³/mol. The molecule has 0 saturated carbocycles. The fraction of sp³-hybridized carbons (Fsp3) is 0.600. The van der Waals surface area contributed by atoms with Gasteiger partial charge < -0.3 is 20.3 Å². The quantitative estimate of drug-likeness (QED) is 0.679. The summed E-state index contributed by atoms with van der Waals surface area (Å²) in [4.78, 5) is 26.2. The highest BCUT2D eigenvalue weighted by atomic mass is 16.5. The lowest BCUT2D eigenvalue weighted by Gasteiger charge is -2.13. The molecule has 0 bridgehead atoms. The van der Waals surface area contributed by atoms with Gasteiger partial charge in [0.25, 0.3) is 0 Å². The highest BCUT2D eigenvalue weighted by Gasteiger charge is 2.18. The van der Waals surface area contributed by atoms with E-state index in [0.29, 0.717) is 24.6 Å². The van der Waals surface area contributed by atoms with Gasteiger partial charge in [0.05, 0.1) is 6.54 Å². The maximum Gasteiger partial charge on any atom is 0.326 e. The van der Waals surface area contributed by atoms with Crippen molar-refractivity contribution in [2.24, 2.45) is 0 Å². The molecule has 0 aliphatic rings. The van der Waals surface area contributed by atoms with Crippen LogP contribution in [0.4, 0.5) is 4.79 Å². The minimum Gasteiger partial charge on any atom is -0.480 e. The molecule has 8 nitrogen and oxygen atoms in total. The molecule has 1 rings (SSSR count). The lowest BCUT2D eigenvalue weighted by Crippen LogP contribution is -2.45. The Balaban J connectivity index is 2.38. The molecule has 1 atom stereocenters. The number of nitrogens with one attached hydrogen (secondary N) is 2. The largest absolute Gasteiger partial charge is 0.480 e. The molecule has 3 N–H and O–H groups in total. The third kappa shape index (κ3) is 4.40. The van der Waals surface area contributed by atoms with E-state index in [1.54, 1.807) is 6.92 Å². The topological polar surface area (TPSA) is 117 Å². The van der Waals surface area contributed by atoms with Crippen molar-refractivity contribution in [2.75, 3.05) is 0 Å². The number of hydrogen-bond donors (Lipinski definition) is 3. The van der Waals surface area contributed by atoms with Gasteiger partial charge in [0.1, 0.15) is 6.04 Å². The second-order valence-electron chi connectivity index (χ2n) is 3.74. The highest BCUT2D eigenvalue weighted by Crippen LogP contribution is 1.97. The van der Waals surface area contributed by atoms with E-state index in [9.17, 15) is 9.59 Å². The minimum atomic E-state index is -1.05. The summed E-state index contributed by atoms with van der Waals surface area (Å²) >= 11 is 0. The van der Waals surface area contributed by atoms with E-state index in [1.807, 2.05) is 6.92 Å². The molecule has 100 valence electrons. The molecule has 1 aromatic heterocycles. The normalized spacial score (nSPS) is 11.9. The molecule has 0 aromatic carbocycles. The van der Waals surface area contributed by atoms with Crippen molar-refractivity contribution in [3.8, 4) is 0 Å². The molecule has 0 radical (unpaired) electrons. The van der Waals surface area contributed by atoms with Crippen LogP contribution in [0.3, 0.4) is 0 Å². The van der Waals surface area contributed by atoms with Crippen molar-refractivity contribution in [1.82, 2.24) is 20.8 Å². The van der Waals surface area contributed by atoms with E-state index in [-0.39, 0.29) is 6.54 Å². The molecule has 0 spiro atoms. The molecule has 0 aliphatic carbocycles. The van der Waals surface area contributed by atoms with Crippen molar-refractivity contribution in [3.05, 3.63) is 11.7 Å². The summed E-state index contributed by atoms with van der Waals surface area (Å²) in [6, 6.07) is -1.46. The summed E-state index contributed by atoms with van der Waals surface area (Å²) in [7, 11) is 0. The second kappa shape index (κ2) is 6.58. The maximum atomic E-state index is 11.4. The standard InChI is InChI=1S/C10H16N4O4/c1-3-4-7(9(15)16)13-10(17)11-5-8-12-6(2)18-14-8/h7H,3-5H2,1-2H3,(H,15,16)(H2,11,13,17). The van der Waals surface area contributed by atoms with Crippen LogP contribution >= 0.6 is 0 Å². The van der Waals surface area contributed by atoms with Crippen LogP contribution in [0, 0.1) is 6.92 Å². The smallest absolute Gasteiger partial charge is 0.326 e. The third-order valence-corrected chi connectivity index (χ3v) is 2.16. The molecule has 18 heavy (non-hydrogen) atoms. The summed E-state index contributed by atoms with van der Waals surface area (Å²) in [6.07, 6.45) is 1.05. The van der Waals surface area contributed by atoms with Crippen LogP contribution in [0.25, 0.3) is 0 Å². The first-order chi connectivity index (χ1) is 8.52. The van der Waals surface area contributed by atoms with Gasteiger partial charge in [-0.15, -0.1) is 0 Å². The molecule has 0 fully saturated rings. The van der Waals surface area contributed by atoms with E-state index in [0.717, 1.165) is 0 Å². The SMILES string of the molecule is CCCC(NC(=O)NCc1noc(C)n1)C(=O)O. The molecule has 2 amide bonds. The number of nitrogens with zero attached hydrogens (tertiary/aromatic N) is 2. The highest BCUT2D eigenvalue weighted by molar-refractivity contribution is 5.82. The molecule has 8 heteroatoms. The number of aryl methyl sites for hydroxylation is 1. The number of carboxylic acids is 1. The van der Waals surface area contributed by atoms with Gasteiger partial charge in [-0.05, 0) is 6.42 Å². The minimum absolute atomic E-state index is 0.0850. The lowest BCUT2D eigenvalue weighted by atomic mass is 10.2. The molecule has 1 aromatic rings. The zero-order valence-corrected chi connectivity index (χ0v) is 10.3. The van der Waals surface area contributed by atoms with Crippen LogP contribution in [0.2, 0.25) is 0 Å². The van der Waals surface area contributed by atoms with Crippen LogP contribution in [0.15, 0.2) is 4.52 Å². The van der Waals surface area contributed by atoms with Gasteiger partial charge in [0.2, 0.25) is 5.89 Å². The number of aliphatic carboxylic acids is 1. The van der Waals surface area contributed by atoms with Crippen molar-refractivity contribution in [3.63, 3.8) is 0 Å². The van der Waals surface area contributed by atoms with Gasteiger partial charge in [-0.3, -0.25) is 0 Å². The first-order valence-electron chi connectivity index (χ1n) is 5.59. The second-order valence-corrected chi connectivity index (χ2v) is 3.74. The van der Waals surface area contributed by atoms with Crippen LogP contribution in [0.1, 0.15) is 31.5 Å². The van der Waals surface area contributed by atoms with Gasteiger partial charge in [0.15, 0.2) is 5.82 Å². The number of carbonyl (C=O) groups excluding carboxylic acids is 1. The number of hydrogen-bond acceptors (Lipinski definition) is 5. The number of rotatable bonds is 6. The summed E-state index contributed by atoms with van der Waals surface area (Å²) < 4.78 is 4.73. The molecule has 0 saturated heterocycles. The van der Waals surface area contributed by atoms with Gasteiger partial charge in [-0.2, -0.15) is 4.98 Å². The number of carboxylic acid groups (broad SMARTS) is 1. The third-order valence-electron chi connectivity index (χ3n) is 2.16. The summed E-state index contributed by atoms with van der Waals surface area (Å²) in [5, 5.41) is 17.3. The Morgan fingerprint density at radius 2 is 2.22 bits per heavy atom. The number of aromatic nitrogens is 2. The Bertz CT molecular complexity index is 418. The van der Waals surface area contributed by atoms with E-state index in [4.69, 9.17) is 9.63 Å². The van der Waals surface area contributed by atoms with Crippen LogP contribution < -0.4 is 10.6 Å². The molecular weight excluding hydrogens is 240 g/mol. The van der Waals surface area contributed by atoms with E-state index >= 15 is 0 Å². The summed E-state index contributed by atoms with van der Waals surface area (Å²) in [6.45, 7) is 3.57. The lowest BCUT2D eigenvalue weighted by molar-refractivity contribution is -0.139. The zero-order valence-electron chi connectivity index (χ0n) is 10.3.